The first-order valence-corrected chi connectivity index (χ1v) is 19.5. The molecule has 2 aromatic rings. The smallest absolute Gasteiger partial charge is 0.873 e. The van der Waals surface area contributed by atoms with Crippen molar-refractivity contribution >= 4 is 0 Å². The van der Waals surface area contributed by atoms with E-state index in [1.165, 1.54) is 12.1 Å². The largest absolute Gasteiger partial charge is 4.00 e. The first kappa shape index (κ1) is 74.3. The molecule has 0 atom stereocenters. The predicted octanol–water partition coefficient (Wildman–Crippen LogP) is 4.65. The van der Waals surface area contributed by atoms with E-state index in [1.54, 1.807) is 83.1 Å². The van der Waals surface area contributed by atoms with E-state index in [4.69, 9.17) is 10.2 Å². The van der Waals surface area contributed by atoms with Crippen LogP contribution in [0.5, 0.6) is 23.0 Å². The van der Waals surface area contributed by atoms with E-state index >= 15 is 0 Å². The van der Waals surface area contributed by atoms with Crippen LogP contribution in [0, 0.1) is 0 Å². The quantitative estimate of drug-likeness (QED) is 0.349. The number of hydrogen-bond acceptors (Lipinski definition) is 10. The fourth-order valence-corrected chi connectivity index (χ4v) is 3.18. The summed E-state index contributed by atoms with van der Waals surface area (Å²) in [7, 11) is 0. The maximum atomic E-state index is 11.8. The van der Waals surface area contributed by atoms with Gasteiger partial charge in [0.05, 0.1) is 0 Å². The van der Waals surface area contributed by atoms with Gasteiger partial charge in [0.25, 0.3) is 0 Å². The summed E-state index contributed by atoms with van der Waals surface area (Å²) in [6.07, 6.45) is -2.00. The summed E-state index contributed by atoms with van der Waals surface area (Å²) in [6.45, 7) is 43.7. The predicted molar refractivity (Wildman–Crippen MR) is 221 cm³/mol. The Kier molecular flexibility index (Phi) is 45.4. The van der Waals surface area contributed by atoms with Crippen molar-refractivity contribution in [1.82, 2.24) is 0 Å². The van der Waals surface area contributed by atoms with Gasteiger partial charge in [-0.1, -0.05) is 174 Å². The number of aliphatic hydroxyl groups is 2. The number of rotatable bonds is 0. The van der Waals surface area contributed by atoms with Crippen LogP contribution in [-0.4, -0.2) is 46.8 Å². The minimum atomic E-state index is -0.417. The monoisotopic (exact) mass is 893 g/mol. The Labute approximate surface area is 386 Å². The van der Waals surface area contributed by atoms with Crippen molar-refractivity contribution in [3.8, 4) is 23.0 Å². The van der Waals surface area contributed by atoms with E-state index in [2.05, 4.69) is 0 Å². The maximum Gasteiger partial charge on any atom is 4.00 e. The number of hydrogen-bond donors (Lipinski definition) is 2. The zero-order valence-corrected chi connectivity index (χ0v) is 44.1. The normalized spacial score (nSPS) is 10.8. The fourth-order valence-electron chi connectivity index (χ4n) is 3.18. The Morgan fingerprint density at radius 2 is 0.500 bits per heavy atom. The molecule has 0 radical (unpaired) electrons. The van der Waals surface area contributed by atoms with Crippen LogP contribution in [0.2, 0.25) is 0 Å². The van der Waals surface area contributed by atoms with Gasteiger partial charge in [0.1, 0.15) is 0 Å². The molecule has 0 unspecified atom stereocenters. The van der Waals surface area contributed by atoms with Gasteiger partial charge in [-0.2, -0.15) is 0 Å². The molecule has 10 nitrogen and oxygen atoms in total. The molecule has 0 aliphatic heterocycles. The molecular weight excluding hydrogens is 808 g/mol. The van der Waals surface area contributed by atoms with Crippen LogP contribution in [0.25, 0.3) is 0 Å². The van der Waals surface area contributed by atoms with Gasteiger partial charge in [0.2, 0.25) is 0 Å². The summed E-state index contributed by atoms with van der Waals surface area (Å²) in [4.78, 5) is 0. The Hall–Kier alpha value is -1.17. The van der Waals surface area contributed by atoms with Gasteiger partial charge in [-0.15, -0.1) is 47.4 Å². The average molecular weight is 893 g/mol. The zero-order valence-electron chi connectivity index (χ0n) is 40.9. The van der Waals surface area contributed by atoms with Crippen LogP contribution in [0.1, 0.15) is 188 Å². The van der Waals surface area contributed by atoms with Crippen molar-refractivity contribution < 1.29 is 94.5 Å². The molecule has 0 saturated heterocycles. The van der Waals surface area contributed by atoms with E-state index < -0.39 is 35.9 Å². The van der Waals surface area contributed by atoms with E-state index in [9.17, 15) is 40.9 Å². The van der Waals surface area contributed by atoms with Gasteiger partial charge in [0, 0.05) is 12.2 Å². The first-order chi connectivity index (χ1) is 24.5. The third kappa shape index (κ3) is 52.8. The second kappa shape index (κ2) is 35.4. The van der Waals surface area contributed by atoms with Crippen LogP contribution in [-0.2, 0) is 65.1 Å². The van der Waals surface area contributed by atoms with Crippen molar-refractivity contribution in [2.75, 3.05) is 0 Å². The fraction of sp³-hybridized carbons (Fsp3) is 0.739. The molecule has 2 N–H and O–H groups in total. The molecular formula is C46H84O10Ti2. The molecule has 0 fully saturated rings. The van der Waals surface area contributed by atoms with Gasteiger partial charge >= 0.3 is 43.4 Å². The van der Waals surface area contributed by atoms with Gasteiger partial charge in [-0.25, -0.2) is 0 Å². The second-order valence-electron chi connectivity index (χ2n) is 19.1. The van der Waals surface area contributed by atoms with Crippen LogP contribution in [0.15, 0.2) is 24.3 Å². The molecule has 0 saturated carbocycles. The minimum Gasteiger partial charge on any atom is -0.873 e. The van der Waals surface area contributed by atoms with Crippen molar-refractivity contribution in [3.63, 3.8) is 0 Å². The van der Waals surface area contributed by atoms with Crippen molar-refractivity contribution in [2.45, 2.75) is 224 Å². The van der Waals surface area contributed by atoms with E-state index in [1.807, 2.05) is 95.2 Å². The van der Waals surface area contributed by atoms with Crippen molar-refractivity contribution in [1.29, 1.82) is 0 Å². The Bertz CT molecular complexity index is 1110. The first-order valence-electron chi connectivity index (χ1n) is 19.5. The molecule has 12 heteroatoms. The van der Waals surface area contributed by atoms with E-state index in [0.717, 1.165) is 11.1 Å². The van der Waals surface area contributed by atoms with Crippen molar-refractivity contribution in [3.05, 3.63) is 46.5 Å². The van der Waals surface area contributed by atoms with Crippen LogP contribution < -0.4 is 40.9 Å². The Balaban J connectivity index is -0.0000000913. The summed E-state index contributed by atoms with van der Waals surface area (Å²) in [5.74, 6) is -1.50. The van der Waals surface area contributed by atoms with Gasteiger partial charge in [0.15, 0.2) is 0 Å². The second-order valence-corrected chi connectivity index (χ2v) is 19.1. The molecule has 0 spiro atoms. The summed E-state index contributed by atoms with van der Waals surface area (Å²) < 4.78 is 0. The van der Waals surface area contributed by atoms with Crippen LogP contribution in [0.4, 0.5) is 0 Å². The summed E-state index contributed by atoms with van der Waals surface area (Å²) in [6, 6.07) is 6.70. The van der Waals surface area contributed by atoms with Gasteiger partial charge in [-0.3, -0.25) is 0 Å². The van der Waals surface area contributed by atoms with E-state index in [0.29, 0.717) is 11.1 Å². The van der Waals surface area contributed by atoms with E-state index in [-0.39, 0.29) is 88.8 Å². The minimum absolute atomic E-state index is 0. The molecule has 58 heavy (non-hydrogen) atoms. The summed E-state index contributed by atoms with van der Waals surface area (Å²) >= 11 is 0. The van der Waals surface area contributed by atoms with Crippen molar-refractivity contribution in [2.24, 2.45) is 0 Å². The van der Waals surface area contributed by atoms with Gasteiger partial charge in [-0.05, 0) is 60.5 Å². The van der Waals surface area contributed by atoms with Crippen LogP contribution >= 0.6 is 0 Å². The molecule has 0 aliphatic carbocycles. The zero-order chi connectivity index (χ0) is 46.9. The SMILES string of the molecule is CC(C)(C)c1cc([O-])c([O-])c(C(C)(C)C)c1.CC(C)(C)c1cc([O-])c([O-])c(C(C)(C)C)c1.CC(C)O.CC(C)O.CC(C)[O-].CC(C)[O-].CC(C)[O-].CC(C)[O-].[Ti+4].[Ti+4]. The summed E-state index contributed by atoms with van der Waals surface area (Å²) in [5.41, 5.74) is 2.33. The molecule has 2 rings (SSSR count). The average Bonchev–Trinajstić information content (AvgIpc) is 2.87. The standard InChI is InChI=1S/2C14H22O2.2C3H8O.4C3H7O.2Ti/c2*1-13(2,3)9-7-10(14(4,5)6)12(16)11(15)8-9;6*1-3(2)4;;/h2*7-8,15-16H,1-6H3;2*3-4H,1-2H3;4*3H,1-2H3;;/q;;;;4*-1;2*+4/p-4. The Morgan fingerprint density at radius 3 is 0.603 bits per heavy atom. The van der Waals surface area contributed by atoms with Crippen LogP contribution in [0.3, 0.4) is 0 Å². The number of aliphatic hydroxyl groups excluding tert-OH is 2. The molecule has 2 aromatic carbocycles. The topological polar surface area (TPSA) is 225 Å². The molecule has 0 aromatic heterocycles. The maximum absolute atomic E-state index is 11.8. The molecule has 336 valence electrons. The number of benzene rings is 2. The molecule has 0 amide bonds. The molecule has 0 aliphatic rings. The molecule has 0 bridgehead atoms. The van der Waals surface area contributed by atoms with Gasteiger partial charge < -0.3 is 51.1 Å². The molecule has 0 heterocycles. The Morgan fingerprint density at radius 1 is 0.362 bits per heavy atom. The third-order valence-electron chi connectivity index (χ3n) is 5.46. The third-order valence-corrected chi connectivity index (χ3v) is 5.46. The summed E-state index contributed by atoms with van der Waals surface area (Å²) in [5, 5.41) is 101.